The molecule has 0 amide bonds. The number of nitrogens with one attached hydrogen (secondary N) is 1. The fraction of sp³-hybridized carbons (Fsp3) is 0.692. The molecule has 1 aromatic heterocycles. The van der Waals surface area contributed by atoms with E-state index in [0.717, 1.165) is 12.0 Å². The monoisotopic (exact) mass is 223 g/mol. The standard InChI is InChI=1S/C13H21NS/c1-10(11(2)14-13-5-6-13)3-4-12-7-8-15-9-12/h7-11,13-14H,3-6H2,1-2H3. The maximum atomic E-state index is 3.69. The third kappa shape index (κ3) is 3.62. The molecule has 2 atom stereocenters. The first-order valence-electron chi connectivity index (χ1n) is 6.03. The zero-order chi connectivity index (χ0) is 10.7. The van der Waals surface area contributed by atoms with Crippen LogP contribution in [-0.4, -0.2) is 12.1 Å². The molecule has 0 bridgehead atoms. The molecular weight excluding hydrogens is 202 g/mol. The van der Waals surface area contributed by atoms with E-state index in [4.69, 9.17) is 0 Å². The van der Waals surface area contributed by atoms with E-state index in [1.165, 1.54) is 31.2 Å². The van der Waals surface area contributed by atoms with Crippen molar-refractivity contribution in [2.45, 2.75) is 51.6 Å². The Morgan fingerprint density at radius 2 is 2.27 bits per heavy atom. The van der Waals surface area contributed by atoms with Crippen LogP contribution in [0.1, 0.15) is 38.7 Å². The molecular formula is C13H21NS. The molecule has 0 radical (unpaired) electrons. The SMILES string of the molecule is CC(CCc1ccsc1)C(C)NC1CC1. The Morgan fingerprint density at radius 3 is 2.87 bits per heavy atom. The minimum atomic E-state index is 0.677. The fourth-order valence-electron chi connectivity index (χ4n) is 1.87. The van der Waals surface area contributed by atoms with Crippen LogP contribution in [0.5, 0.6) is 0 Å². The molecule has 2 rings (SSSR count). The smallest absolute Gasteiger partial charge is 0.00708 e. The molecule has 1 N–H and O–H groups in total. The zero-order valence-corrected chi connectivity index (χ0v) is 10.5. The van der Waals surface area contributed by atoms with E-state index in [2.05, 4.69) is 36.0 Å². The first-order valence-corrected chi connectivity index (χ1v) is 6.97. The summed E-state index contributed by atoms with van der Waals surface area (Å²) < 4.78 is 0. The molecule has 1 heterocycles. The van der Waals surface area contributed by atoms with Gasteiger partial charge in [-0.15, -0.1) is 0 Å². The summed E-state index contributed by atoms with van der Waals surface area (Å²) in [6.07, 6.45) is 5.32. The summed E-state index contributed by atoms with van der Waals surface area (Å²) >= 11 is 1.80. The average molecular weight is 223 g/mol. The van der Waals surface area contributed by atoms with Gasteiger partial charge in [0, 0.05) is 12.1 Å². The molecule has 1 nitrogen and oxygen atoms in total. The Bertz CT molecular complexity index is 277. The van der Waals surface area contributed by atoms with Crippen molar-refractivity contribution in [3.05, 3.63) is 22.4 Å². The summed E-state index contributed by atoms with van der Waals surface area (Å²) in [4.78, 5) is 0. The van der Waals surface area contributed by atoms with Crippen LogP contribution in [0.2, 0.25) is 0 Å². The summed E-state index contributed by atoms with van der Waals surface area (Å²) in [5.41, 5.74) is 1.51. The third-order valence-corrected chi connectivity index (χ3v) is 4.13. The van der Waals surface area contributed by atoms with Crippen LogP contribution < -0.4 is 5.32 Å². The van der Waals surface area contributed by atoms with Gasteiger partial charge in [0.15, 0.2) is 0 Å². The molecule has 1 fully saturated rings. The lowest BCUT2D eigenvalue weighted by atomic mass is 9.96. The van der Waals surface area contributed by atoms with Crippen LogP contribution in [0.3, 0.4) is 0 Å². The predicted octanol–water partition coefficient (Wildman–Crippen LogP) is 3.46. The predicted molar refractivity (Wildman–Crippen MR) is 67.4 cm³/mol. The van der Waals surface area contributed by atoms with Gasteiger partial charge in [-0.3, -0.25) is 0 Å². The van der Waals surface area contributed by atoms with Gasteiger partial charge in [-0.25, -0.2) is 0 Å². The lowest BCUT2D eigenvalue weighted by molar-refractivity contribution is 0.377. The molecule has 1 aliphatic carbocycles. The maximum Gasteiger partial charge on any atom is 0.00708 e. The topological polar surface area (TPSA) is 12.0 Å². The molecule has 0 spiro atoms. The largest absolute Gasteiger partial charge is 0.311 e. The van der Waals surface area contributed by atoms with Crippen LogP contribution in [0, 0.1) is 5.92 Å². The van der Waals surface area contributed by atoms with E-state index in [-0.39, 0.29) is 0 Å². The quantitative estimate of drug-likeness (QED) is 0.779. The first-order chi connectivity index (χ1) is 7.25. The van der Waals surface area contributed by atoms with Crippen molar-refractivity contribution in [2.24, 2.45) is 5.92 Å². The molecule has 1 aromatic rings. The minimum Gasteiger partial charge on any atom is -0.311 e. The highest BCUT2D eigenvalue weighted by Gasteiger charge is 2.24. The molecule has 84 valence electrons. The molecule has 0 aromatic carbocycles. The highest BCUT2D eigenvalue weighted by molar-refractivity contribution is 7.07. The van der Waals surface area contributed by atoms with Gasteiger partial charge in [0.05, 0.1) is 0 Å². The number of rotatable bonds is 6. The molecule has 2 unspecified atom stereocenters. The Labute approximate surface area is 96.9 Å². The fourth-order valence-corrected chi connectivity index (χ4v) is 2.57. The van der Waals surface area contributed by atoms with Crippen LogP contribution in [-0.2, 0) is 6.42 Å². The van der Waals surface area contributed by atoms with Gasteiger partial charge in [0.1, 0.15) is 0 Å². The van der Waals surface area contributed by atoms with Gasteiger partial charge in [-0.2, -0.15) is 11.3 Å². The van der Waals surface area contributed by atoms with Crippen LogP contribution in [0.25, 0.3) is 0 Å². The summed E-state index contributed by atoms with van der Waals surface area (Å²) in [6, 6.07) is 3.76. The van der Waals surface area contributed by atoms with Crippen molar-refractivity contribution in [1.29, 1.82) is 0 Å². The van der Waals surface area contributed by atoms with Crippen molar-refractivity contribution in [2.75, 3.05) is 0 Å². The van der Waals surface area contributed by atoms with Gasteiger partial charge < -0.3 is 5.32 Å². The lowest BCUT2D eigenvalue weighted by Crippen LogP contribution is -2.33. The normalized spacial score (nSPS) is 20.1. The van der Waals surface area contributed by atoms with Crippen molar-refractivity contribution in [3.8, 4) is 0 Å². The van der Waals surface area contributed by atoms with Crippen molar-refractivity contribution in [3.63, 3.8) is 0 Å². The van der Waals surface area contributed by atoms with Gasteiger partial charge in [0.2, 0.25) is 0 Å². The maximum absolute atomic E-state index is 3.69. The van der Waals surface area contributed by atoms with Crippen LogP contribution in [0.15, 0.2) is 16.8 Å². The molecule has 0 aliphatic heterocycles. The number of aryl methyl sites for hydroxylation is 1. The van der Waals surface area contributed by atoms with E-state index in [1.807, 2.05) is 0 Å². The number of hydrogen-bond donors (Lipinski definition) is 1. The lowest BCUT2D eigenvalue weighted by Gasteiger charge is -2.21. The highest BCUT2D eigenvalue weighted by Crippen LogP contribution is 2.22. The van der Waals surface area contributed by atoms with Crippen molar-refractivity contribution < 1.29 is 0 Å². The van der Waals surface area contributed by atoms with Gasteiger partial charge >= 0.3 is 0 Å². The Balaban J connectivity index is 1.68. The van der Waals surface area contributed by atoms with Crippen LogP contribution in [0.4, 0.5) is 0 Å². The molecule has 15 heavy (non-hydrogen) atoms. The summed E-state index contributed by atoms with van der Waals surface area (Å²) in [5, 5.41) is 8.13. The molecule has 2 heteroatoms. The summed E-state index contributed by atoms with van der Waals surface area (Å²) in [6.45, 7) is 4.70. The van der Waals surface area contributed by atoms with E-state index < -0.39 is 0 Å². The minimum absolute atomic E-state index is 0.677. The van der Waals surface area contributed by atoms with E-state index in [9.17, 15) is 0 Å². The second-order valence-corrected chi connectivity index (χ2v) is 5.66. The first kappa shape index (κ1) is 11.2. The second kappa shape index (κ2) is 5.13. The number of thiophene rings is 1. The Kier molecular flexibility index (Phi) is 3.81. The van der Waals surface area contributed by atoms with Gasteiger partial charge in [0.25, 0.3) is 0 Å². The Morgan fingerprint density at radius 1 is 1.47 bits per heavy atom. The molecule has 1 saturated carbocycles. The Hall–Kier alpha value is -0.340. The summed E-state index contributed by atoms with van der Waals surface area (Å²) in [5.74, 6) is 0.783. The van der Waals surface area contributed by atoms with Crippen molar-refractivity contribution >= 4 is 11.3 Å². The van der Waals surface area contributed by atoms with Gasteiger partial charge in [-0.05, 0) is 60.9 Å². The van der Waals surface area contributed by atoms with E-state index in [1.54, 1.807) is 11.3 Å². The summed E-state index contributed by atoms with van der Waals surface area (Å²) in [7, 11) is 0. The molecule has 0 saturated heterocycles. The third-order valence-electron chi connectivity index (χ3n) is 3.40. The van der Waals surface area contributed by atoms with Crippen molar-refractivity contribution in [1.82, 2.24) is 5.32 Å². The van der Waals surface area contributed by atoms with E-state index >= 15 is 0 Å². The average Bonchev–Trinajstić information content (AvgIpc) is 2.88. The molecule has 1 aliphatic rings. The zero-order valence-electron chi connectivity index (χ0n) is 9.70. The number of hydrogen-bond acceptors (Lipinski definition) is 2. The van der Waals surface area contributed by atoms with Gasteiger partial charge in [-0.1, -0.05) is 6.92 Å². The second-order valence-electron chi connectivity index (χ2n) is 4.88. The van der Waals surface area contributed by atoms with Crippen LogP contribution >= 0.6 is 11.3 Å². The van der Waals surface area contributed by atoms with E-state index in [0.29, 0.717) is 6.04 Å². The highest BCUT2D eigenvalue weighted by atomic mass is 32.1.